The molecule has 0 radical (unpaired) electrons. The minimum atomic E-state index is -3.80. The molecule has 2 aliphatic heterocycles. The maximum atomic E-state index is 13.2. The number of H-pyrrole nitrogens is 1. The van der Waals surface area contributed by atoms with Gasteiger partial charge in [-0.1, -0.05) is 19.1 Å². The lowest BCUT2D eigenvalue weighted by molar-refractivity contribution is -0.120. The van der Waals surface area contributed by atoms with Gasteiger partial charge >= 0.3 is 0 Å². The Kier molecular flexibility index (Phi) is 7.19. The molecule has 2 fully saturated rings. The second-order valence-corrected chi connectivity index (χ2v) is 10.8. The fourth-order valence-corrected chi connectivity index (χ4v) is 6.02. The predicted octanol–water partition coefficient (Wildman–Crippen LogP) is 3.24. The fourth-order valence-electron chi connectivity index (χ4n) is 4.51. The van der Waals surface area contributed by atoms with Gasteiger partial charge in [-0.3, -0.25) is 9.59 Å². The first kappa shape index (κ1) is 23.5. The van der Waals surface area contributed by atoms with E-state index in [0.717, 1.165) is 25.7 Å². The first-order chi connectivity index (χ1) is 15.9. The highest BCUT2D eigenvalue weighted by Gasteiger charge is 2.34. The highest BCUT2D eigenvalue weighted by molar-refractivity contribution is 7.89. The number of aromatic nitrogens is 1. The van der Waals surface area contributed by atoms with Gasteiger partial charge in [0.1, 0.15) is 10.6 Å². The average molecular weight is 473 g/mol. The van der Waals surface area contributed by atoms with E-state index in [1.165, 1.54) is 22.1 Å². The topological polar surface area (TPSA) is 103 Å². The van der Waals surface area contributed by atoms with Crippen LogP contribution in [0.2, 0.25) is 0 Å². The van der Waals surface area contributed by atoms with Crippen LogP contribution in [-0.4, -0.2) is 60.6 Å². The number of nitrogens with zero attached hydrogens (tertiary/aromatic N) is 2. The Labute approximate surface area is 195 Å². The quantitative estimate of drug-likeness (QED) is 0.674. The molecule has 0 aliphatic carbocycles. The summed E-state index contributed by atoms with van der Waals surface area (Å²) >= 11 is 0. The zero-order valence-electron chi connectivity index (χ0n) is 19.0. The highest BCUT2D eigenvalue weighted by atomic mass is 32.2. The average Bonchev–Trinajstić information content (AvgIpc) is 3.36. The summed E-state index contributed by atoms with van der Waals surface area (Å²) in [6.07, 6.45) is 6.60. The van der Waals surface area contributed by atoms with Crippen molar-refractivity contribution >= 4 is 27.5 Å². The van der Waals surface area contributed by atoms with E-state index in [0.29, 0.717) is 38.2 Å². The third-order valence-corrected chi connectivity index (χ3v) is 8.40. The molecule has 2 saturated heterocycles. The molecular formula is C24H32N4O4S. The number of sulfonamides is 1. The fraction of sp³-hybridized carbons (Fsp3) is 0.500. The SMILES string of the molecule is CCc1ccc(NC(=O)C2CCCN(S(=O)(=O)c3c[nH]c(C(=O)N4CCCCC4)c3)C2)cc1. The largest absolute Gasteiger partial charge is 0.356 e. The Morgan fingerprint density at radius 1 is 1.06 bits per heavy atom. The first-order valence-electron chi connectivity index (χ1n) is 11.8. The maximum absolute atomic E-state index is 13.2. The van der Waals surface area contributed by atoms with Crippen molar-refractivity contribution < 1.29 is 18.0 Å². The smallest absolute Gasteiger partial charge is 0.270 e. The van der Waals surface area contributed by atoms with Gasteiger partial charge in [-0.05, 0) is 62.3 Å². The van der Waals surface area contributed by atoms with Gasteiger partial charge in [0.05, 0.1) is 5.92 Å². The number of carbonyl (C=O) groups excluding carboxylic acids is 2. The molecule has 178 valence electrons. The maximum Gasteiger partial charge on any atom is 0.270 e. The summed E-state index contributed by atoms with van der Waals surface area (Å²) in [7, 11) is -3.80. The van der Waals surface area contributed by atoms with Crippen LogP contribution in [0.3, 0.4) is 0 Å². The number of nitrogens with one attached hydrogen (secondary N) is 2. The Bertz CT molecular complexity index is 1090. The van der Waals surface area contributed by atoms with E-state index in [9.17, 15) is 18.0 Å². The molecule has 2 amide bonds. The van der Waals surface area contributed by atoms with E-state index < -0.39 is 15.9 Å². The lowest BCUT2D eigenvalue weighted by Crippen LogP contribution is -2.43. The molecule has 2 aromatic rings. The Hall–Kier alpha value is -2.65. The monoisotopic (exact) mass is 472 g/mol. The van der Waals surface area contributed by atoms with Crippen LogP contribution in [-0.2, 0) is 21.2 Å². The van der Waals surface area contributed by atoms with Crippen molar-refractivity contribution in [2.24, 2.45) is 5.92 Å². The van der Waals surface area contributed by atoms with Crippen LogP contribution in [0.1, 0.15) is 55.1 Å². The van der Waals surface area contributed by atoms with Crippen molar-refractivity contribution in [1.29, 1.82) is 0 Å². The zero-order chi connectivity index (χ0) is 23.4. The van der Waals surface area contributed by atoms with Crippen LogP contribution >= 0.6 is 0 Å². The van der Waals surface area contributed by atoms with E-state index in [2.05, 4.69) is 17.2 Å². The molecule has 0 spiro atoms. The molecule has 2 N–H and O–H groups in total. The Balaban J connectivity index is 1.42. The predicted molar refractivity (Wildman–Crippen MR) is 126 cm³/mol. The molecule has 3 heterocycles. The lowest BCUT2D eigenvalue weighted by atomic mass is 9.98. The van der Waals surface area contributed by atoms with Crippen LogP contribution in [0.25, 0.3) is 0 Å². The van der Waals surface area contributed by atoms with Crippen molar-refractivity contribution in [3.05, 3.63) is 47.8 Å². The number of carbonyl (C=O) groups is 2. The van der Waals surface area contributed by atoms with Crippen molar-refractivity contribution in [1.82, 2.24) is 14.2 Å². The first-order valence-corrected chi connectivity index (χ1v) is 13.2. The summed E-state index contributed by atoms with van der Waals surface area (Å²) in [6.45, 7) is 3.95. The number of aryl methyl sites for hydroxylation is 1. The van der Waals surface area contributed by atoms with E-state index >= 15 is 0 Å². The Morgan fingerprint density at radius 3 is 2.48 bits per heavy atom. The Morgan fingerprint density at radius 2 is 1.79 bits per heavy atom. The van der Waals surface area contributed by atoms with Crippen molar-refractivity contribution in [2.75, 3.05) is 31.5 Å². The van der Waals surface area contributed by atoms with Gasteiger partial charge in [0.25, 0.3) is 5.91 Å². The number of rotatable bonds is 6. The van der Waals surface area contributed by atoms with Crippen molar-refractivity contribution in [3.63, 3.8) is 0 Å². The van der Waals surface area contributed by atoms with Crippen LogP contribution in [0.5, 0.6) is 0 Å². The molecule has 33 heavy (non-hydrogen) atoms. The number of anilines is 1. The third-order valence-electron chi connectivity index (χ3n) is 6.55. The number of benzene rings is 1. The van der Waals surface area contributed by atoms with Gasteiger partial charge in [0, 0.05) is 38.1 Å². The molecule has 2 aliphatic rings. The van der Waals surface area contributed by atoms with Gasteiger partial charge in [-0.2, -0.15) is 4.31 Å². The molecule has 8 nitrogen and oxygen atoms in total. The molecular weight excluding hydrogens is 440 g/mol. The molecule has 1 atom stereocenters. The summed E-state index contributed by atoms with van der Waals surface area (Å²) in [6, 6.07) is 9.11. The molecule has 1 unspecified atom stereocenters. The van der Waals surface area contributed by atoms with E-state index in [-0.39, 0.29) is 28.9 Å². The second-order valence-electron chi connectivity index (χ2n) is 8.84. The normalized spacial score (nSPS) is 19.9. The number of aromatic amines is 1. The molecule has 1 aromatic carbocycles. The van der Waals surface area contributed by atoms with Gasteiger partial charge < -0.3 is 15.2 Å². The van der Waals surface area contributed by atoms with Crippen LogP contribution < -0.4 is 5.32 Å². The molecule has 4 rings (SSSR count). The number of hydrogen-bond donors (Lipinski definition) is 2. The summed E-state index contributed by atoms with van der Waals surface area (Å²) in [4.78, 5) is 30.2. The number of piperidine rings is 2. The van der Waals surface area contributed by atoms with E-state index in [4.69, 9.17) is 0 Å². The van der Waals surface area contributed by atoms with Gasteiger partial charge in [-0.25, -0.2) is 8.42 Å². The van der Waals surface area contributed by atoms with Gasteiger partial charge in [0.2, 0.25) is 15.9 Å². The summed E-state index contributed by atoms with van der Waals surface area (Å²) in [5.74, 6) is -0.761. The molecule has 1 aromatic heterocycles. The molecule has 9 heteroatoms. The molecule has 0 bridgehead atoms. The minimum absolute atomic E-state index is 0.0686. The summed E-state index contributed by atoms with van der Waals surface area (Å²) < 4.78 is 27.9. The van der Waals surface area contributed by atoms with Crippen molar-refractivity contribution in [3.8, 4) is 0 Å². The number of amides is 2. The van der Waals surface area contributed by atoms with Gasteiger partial charge in [-0.15, -0.1) is 0 Å². The standard InChI is InChI=1S/C24H32N4O4S/c1-2-18-8-10-20(11-9-18)26-23(29)19-7-6-14-28(17-19)33(31,32)21-15-22(25-16-21)24(30)27-12-4-3-5-13-27/h8-11,15-16,19,25H,2-7,12-14,17H2,1H3,(H,26,29). The van der Waals surface area contributed by atoms with Crippen LogP contribution in [0.15, 0.2) is 41.4 Å². The zero-order valence-corrected chi connectivity index (χ0v) is 19.9. The van der Waals surface area contributed by atoms with E-state index in [1.807, 2.05) is 24.3 Å². The van der Waals surface area contributed by atoms with Crippen molar-refractivity contribution in [2.45, 2.75) is 50.3 Å². The minimum Gasteiger partial charge on any atom is -0.356 e. The summed E-state index contributed by atoms with van der Waals surface area (Å²) in [5, 5.41) is 2.91. The van der Waals surface area contributed by atoms with Crippen LogP contribution in [0, 0.1) is 5.92 Å². The van der Waals surface area contributed by atoms with E-state index in [1.54, 1.807) is 4.90 Å². The number of likely N-dealkylation sites (tertiary alicyclic amines) is 1. The van der Waals surface area contributed by atoms with Crippen LogP contribution in [0.4, 0.5) is 5.69 Å². The summed E-state index contributed by atoms with van der Waals surface area (Å²) in [5.41, 5.74) is 2.19. The third kappa shape index (κ3) is 5.30. The number of hydrogen-bond acceptors (Lipinski definition) is 4. The lowest BCUT2D eigenvalue weighted by Gasteiger charge is -2.31. The molecule has 0 saturated carbocycles. The second kappa shape index (κ2) is 10.1. The highest BCUT2D eigenvalue weighted by Crippen LogP contribution is 2.26. The van der Waals surface area contributed by atoms with Gasteiger partial charge in [0.15, 0.2) is 0 Å².